The van der Waals surface area contributed by atoms with Gasteiger partial charge in [0.1, 0.15) is 12.2 Å². The summed E-state index contributed by atoms with van der Waals surface area (Å²) in [6.45, 7) is 3.21. The number of ether oxygens (including phenoxy) is 5. The Morgan fingerprint density at radius 2 is 1.73 bits per heavy atom. The lowest BCUT2D eigenvalue weighted by atomic mass is 9.84. The van der Waals surface area contributed by atoms with Crippen LogP contribution in [-0.4, -0.2) is 72.9 Å². The van der Waals surface area contributed by atoms with Crippen molar-refractivity contribution in [3.8, 4) is 0 Å². The molecule has 0 bridgehead atoms. The lowest BCUT2D eigenvalue weighted by Gasteiger charge is -2.50. The Labute approximate surface area is 174 Å². The Bertz CT molecular complexity index is 805. The van der Waals surface area contributed by atoms with Gasteiger partial charge in [-0.1, -0.05) is 30.3 Å². The summed E-state index contributed by atoms with van der Waals surface area (Å²) in [5.74, 6) is -5.09. The summed E-state index contributed by atoms with van der Waals surface area (Å²) in [6, 6.07) is 8.10. The number of hydrogen-bond acceptors (Lipinski definition) is 9. The summed E-state index contributed by atoms with van der Waals surface area (Å²) < 4.78 is 27.8. The molecule has 2 aliphatic rings. The van der Waals surface area contributed by atoms with Gasteiger partial charge in [0.2, 0.25) is 17.2 Å². The van der Waals surface area contributed by atoms with Gasteiger partial charge in [-0.3, -0.25) is 9.59 Å². The topological polar surface area (TPSA) is 118 Å². The Kier molecular flexibility index (Phi) is 6.13. The normalized spacial score (nSPS) is 37.0. The number of benzene rings is 1. The number of carbonyl (C=O) groups is 3. The van der Waals surface area contributed by atoms with Crippen molar-refractivity contribution in [3.05, 3.63) is 35.9 Å². The van der Waals surface area contributed by atoms with Gasteiger partial charge in [-0.2, -0.15) is 0 Å². The number of esters is 1. The number of rotatable bonds is 6. The zero-order valence-corrected chi connectivity index (χ0v) is 17.4. The first-order chi connectivity index (χ1) is 14.1. The highest BCUT2D eigenvalue weighted by atomic mass is 16.8. The first kappa shape index (κ1) is 22.5. The van der Waals surface area contributed by atoms with E-state index in [1.54, 1.807) is 44.2 Å². The van der Waals surface area contributed by atoms with Crippen molar-refractivity contribution in [3.63, 3.8) is 0 Å². The maximum Gasteiger partial charge on any atom is 0.346 e. The second-order valence-electron chi connectivity index (χ2n) is 7.66. The molecular weight excluding hydrogens is 396 g/mol. The number of cyclic esters (lactones) is 1. The minimum Gasteiger partial charge on any atom is -0.457 e. The first-order valence-electron chi connectivity index (χ1n) is 9.55. The zero-order valence-electron chi connectivity index (χ0n) is 17.4. The monoisotopic (exact) mass is 422 g/mol. The summed E-state index contributed by atoms with van der Waals surface area (Å²) in [5.41, 5.74) is -2.25. The number of ketones is 2. The molecule has 2 saturated heterocycles. The van der Waals surface area contributed by atoms with Crippen LogP contribution in [0.5, 0.6) is 0 Å². The minimum atomic E-state index is -2.54. The van der Waals surface area contributed by atoms with Crippen molar-refractivity contribution < 1.29 is 43.2 Å². The molecule has 9 nitrogen and oxygen atoms in total. The van der Waals surface area contributed by atoms with Crippen LogP contribution in [0.1, 0.15) is 37.0 Å². The van der Waals surface area contributed by atoms with Crippen molar-refractivity contribution in [1.29, 1.82) is 0 Å². The van der Waals surface area contributed by atoms with E-state index in [1.807, 2.05) is 0 Å². The van der Waals surface area contributed by atoms with Gasteiger partial charge in [-0.05, 0) is 13.8 Å². The van der Waals surface area contributed by atoms with E-state index in [0.29, 0.717) is 0 Å². The second-order valence-corrected chi connectivity index (χ2v) is 7.66. The summed E-state index contributed by atoms with van der Waals surface area (Å²) in [4.78, 5) is 37.7. The average molecular weight is 422 g/mol. The van der Waals surface area contributed by atoms with E-state index in [4.69, 9.17) is 23.7 Å². The van der Waals surface area contributed by atoms with Crippen LogP contribution < -0.4 is 0 Å². The predicted molar refractivity (Wildman–Crippen MR) is 101 cm³/mol. The van der Waals surface area contributed by atoms with E-state index in [-0.39, 0.29) is 18.6 Å². The van der Waals surface area contributed by atoms with Crippen molar-refractivity contribution in [2.75, 3.05) is 20.8 Å². The molecule has 0 spiro atoms. The van der Waals surface area contributed by atoms with Crippen LogP contribution in [0, 0.1) is 0 Å². The lowest BCUT2D eigenvalue weighted by molar-refractivity contribution is -0.437. The molecule has 0 amide bonds. The van der Waals surface area contributed by atoms with Crippen LogP contribution in [0.15, 0.2) is 30.3 Å². The molecule has 0 unspecified atom stereocenters. The number of hydrogen-bond donors (Lipinski definition) is 1. The van der Waals surface area contributed by atoms with Crippen LogP contribution in [0.2, 0.25) is 0 Å². The van der Waals surface area contributed by atoms with Crippen LogP contribution in [0.25, 0.3) is 0 Å². The van der Waals surface area contributed by atoms with Gasteiger partial charge < -0.3 is 28.8 Å². The van der Waals surface area contributed by atoms with E-state index in [0.717, 1.165) is 0 Å². The minimum absolute atomic E-state index is 0.0319. The number of carbonyl (C=O) groups excluding carboxylic acids is 3. The van der Waals surface area contributed by atoms with Gasteiger partial charge >= 0.3 is 5.97 Å². The molecule has 1 aromatic rings. The standard InChI is InChI=1S/C21H26O9/c1-19(26-3)20(2,27-4)30-16(12-28-19)15-10-17(23)21(25,18(24)29-15)11-14(22)13-8-6-5-7-9-13/h5-9,15-16,25H,10-12H2,1-4H3/t15-,16+,19-,20-,21+/m1/s1. The molecule has 9 heteroatoms. The smallest absolute Gasteiger partial charge is 0.346 e. The zero-order chi connectivity index (χ0) is 22.2. The Morgan fingerprint density at radius 3 is 2.30 bits per heavy atom. The van der Waals surface area contributed by atoms with Crippen LogP contribution in [-0.2, 0) is 33.3 Å². The van der Waals surface area contributed by atoms with Gasteiger partial charge in [0.15, 0.2) is 11.6 Å². The fraction of sp³-hybridized carbons (Fsp3) is 0.571. The third-order valence-electron chi connectivity index (χ3n) is 5.87. The molecule has 30 heavy (non-hydrogen) atoms. The third kappa shape index (κ3) is 3.79. The molecule has 2 heterocycles. The van der Waals surface area contributed by atoms with E-state index in [9.17, 15) is 19.5 Å². The molecule has 0 aliphatic carbocycles. The average Bonchev–Trinajstić information content (AvgIpc) is 2.74. The number of aliphatic hydroxyl groups is 1. The van der Waals surface area contributed by atoms with Crippen LogP contribution in [0.4, 0.5) is 0 Å². The molecule has 2 fully saturated rings. The fourth-order valence-corrected chi connectivity index (χ4v) is 3.54. The van der Waals surface area contributed by atoms with Gasteiger partial charge in [0.25, 0.3) is 0 Å². The van der Waals surface area contributed by atoms with E-state index >= 15 is 0 Å². The highest BCUT2D eigenvalue weighted by molar-refractivity contribution is 6.13. The van der Waals surface area contributed by atoms with Crippen molar-refractivity contribution in [1.82, 2.24) is 0 Å². The van der Waals surface area contributed by atoms with Gasteiger partial charge in [0.05, 0.1) is 13.0 Å². The largest absolute Gasteiger partial charge is 0.457 e. The summed E-state index contributed by atoms with van der Waals surface area (Å²) >= 11 is 0. The first-order valence-corrected chi connectivity index (χ1v) is 9.55. The molecule has 5 atom stereocenters. The Balaban J connectivity index is 1.73. The Hall–Kier alpha value is -2.17. The molecule has 3 rings (SSSR count). The fourth-order valence-electron chi connectivity index (χ4n) is 3.54. The van der Waals surface area contributed by atoms with Crippen LogP contribution in [0.3, 0.4) is 0 Å². The molecule has 0 saturated carbocycles. The van der Waals surface area contributed by atoms with Crippen LogP contribution >= 0.6 is 0 Å². The van der Waals surface area contributed by atoms with Crippen molar-refractivity contribution in [2.24, 2.45) is 0 Å². The maximum absolute atomic E-state index is 12.7. The van der Waals surface area contributed by atoms with Gasteiger partial charge in [-0.25, -0.2) is 4.79 Å². The number of methoxy groups -OCH3 is 2. The molecule has 0 aromatic heterocycles. The van der Waals surface area contributed by atoms with E-state index in [1.165, 1.54) is 14.2 Å². The highest BCUT2D eigenvalue weighted by Gasteiger charge is 2.58. The van der Waals surface area contributed by atoms with Crippen molar-refractivity contribution in [2.45, 2.75) is 56.1 Å². The summed E-state index contributed by atoms with van der Waals surface area (Å²) in [5, 5.41) is 10.7. The highest BCUT2D eigenvalue weighted by Crippen LogP contribution is 2.39. The van der Waals surface area contributed by atoms with Crippen molar-refractivity contribution >= 4 is 17.5 Å². The van der Waals surface area contributed by atoms with Gasteiger partial charge in [-0.15, -0.1) is 0 Å². The van der Waals surface area contributed by atoms with E-state index in [2.05, 4.69) is 0 Å². The predicted octanol–water partition coefficient (Wildman–Crippen LogP) is 1.02. The SMILES string of the molecule is CO[C@]1(C)OC[C@@H]([C@H]2CC(=O)[C@@](O)(CC(=O)c3ccccc3)C(=O)O2)O[C@@]1(C)OC. The molecule has 2 aliphatic heterocycles. The lowest BCUT2D eigenvalue weighted by Crippen LogP contribution is -2.66. The maximum atomic E-state index is 12.7. The molecular formula is C21H26O9. The quantitative estimate of drug-likeness (QED) is 0.407. The summed E-state index contributed by atoms with van der Waals surface area (Å²) in [6.07, 6.45) is -2.86. The second kappa shape index (κ2) is 8.16. The molecule has 1 N–H and O–H groups in total. The molecule has 0 radical (unpaired) electrons. The Morgan fingerprint density at radius 1 is 1.10 bits per heavy atom. The van der Waals surface area contributed by atoms with E-state index < -0.39 is 53.3 Å². The molecule has 164 valence electrons. The number of Topliss-reactive ketones (excluding diaryl/α,β-unsaturated/α-hetero) is 2. The summed E-state index contributed by atoms with van der Waals surface area (Å²) in [7, 11) is 2.85. The molecule has 1 aromatic carbocycles. The van der Waals surface area contributed by atoms with Gasteiger partial charge in [0, 0.05) is 26.2 Å². The third-order valence-corrected chi connectivity index (χ3v) is 5.87.